The first kappa shape index (κ1) is 8.71. The monoisotopic (exact) mass is 155 g/mol. The van der Waals surface area contributed by atoms with Crippen LogP contribution in [-0.2, 0) is 0 Å². The number of nitrogens with one attached hydrogen (secondary N) is 2. The molecule has 0 aromatic carbocycles. The van der Waals surface area contributed by atoms with E-state index in [4.69, 9.17) is 0 Å². The summed E-state index contributed by atoms with van der Waals surface area (Å²) in [6, 6.07) is 0.420. The Morgan fingerprint density at radius 2 is 2.18 bits per heavy atom. The van der Waals surface area contributed by atoms with Crippen LogP contribution in [0.4, 0.5) is 0 Å². The molecule has 2 unspecified atom stereocenters. The van der Waals surface area contributed by atoms with Gasteiger partial charge in [-0.1, -0.05) is 6.58 Å². The van der Waals surface area contributed by atoms with E-state index in [-0.39, 0.29) is 6.29 Å². The number of rotatable bonds is 1. The van der Waals surface area contributed by atoms with Crippen molar-refractivity contribution in [1.29, 1.82) is 0 Å². The van der Waals surface area contributed by atoms with E-state index in [1.807, 2.05) is 14.1 Å². The maximum absolute atomic E-state index is 3.95. The minimum atomic E-state index is 0.287. The van der Waals surface area contributed by atoms with Crippen LogP contribution in [0.5, 0.6) is 0 Å². The van der Waals surface area contributed by atoms with E-state index in [0.717, 1.165) is 6.54 Å². The molecule has 64 valence electrons. The van der Waals surface area contributed by atoms with Gasteiger partial charge < -0.3 is 0 Å². The van der Waals surface area contributed by atoms with Gasteiger partial charge in [0.15, 0.2) is 0 Å². The molecule has 0 saturated carbocycles. The van der Waals surface area contributed by atoms with Crippen LogP contribution in [0, 0.1) is 0 Å². The molecular weight excluding hydrogens is 138 g/mol. The maximum Gasteiger partial charge on any atom is 0.114 e. The molecule has 2 atom stereocenters. The Bertz CT molecular complexity index is 153. The van der Waals surface area contributed by atoms with Gasteiger partial charge in [-0.2, -0.15) is 0 Å². The van der Waals surface area contributed by atoms with E-state index in [2.05, 4.69) is 29.0 Å². The standard InChI is InChI=1S/C8H17N3/c1-6-5-9-8(11(3)4)10-7(6)2/h7-10H,1,5H2,2-4H3. The quantitative estimate of drug-likeness (QED) is 0.521. The van der Waals surface area contributed by atoms with Crippen molar-refractivity contribution in [3.8, 4) is 0 Å². The fourth-order valence-electron chi connectivity index (χ4n) is 1.13. The first-order chi connectivity index (χ1) is 5.11. The van der Waals surface area contributed by atoms with Gasteiger partial charge in [0.05, 0.1) is 0 Å². The molecule has 1 fully saturated rings. The lowest BCUT2D eigenvalue weighted by molar-refractivity contribution is 0.179. The van der Waals surface area contributed by atoms with Crippen LogP contribution in [0.25, 0.3) is 0 Å². The second kappa shape index (κ2) is 3.34. The Morgan fingerprint density at radius 1 is 1.55 bits per heavy atom. The van der Waals surface area contributed by atoms with E-state index >= 15 is 0 Å². The van der Waals surface area contributed by atoms with Gasteiger partial charge in [-0.25, -0.2) is 0 Å². The SMILES string of the molecule is C=C1CNC(N(C)C)NC1C. The molecule has 0 spiro atoms. The van der Waals surface area contributed by atoms with Gasteiger partial charge in [-0.15, -0.1) is 0 Å². The lowest BCUT2D eigenvalue weighted by Gasteiger charge is -2.35. The molecule has 11 heavy (non-hydrogen) atoms. The summed E-state index contributed by atoms with van der Waals surface area (Å²) in [5.74, 6) is 0. The Kier molecular flexibility index (Phi) is 2.65. The average molecular weight is 155 g/mol. The molecule has 0 aromatic heterocycles. The molecule has 1 aliphatic heterocycles. The molecule has 1 aliphatic rings. The first-order valence-electron chi connectivity index (χ1n) is 3.95. The molecule has 0 bridgehead atoms. The van der Waals surface area contributed by atoms with Crippen LogP contribution in [0.1, 0.15) is 6.92 Å². The fraction of sp³-hybridized carbons (Fsp3) is 0.750. The summed E-state index contributed by atoms with van der Waals surface area (Å²) in [5.41, 5.74) is 1.23. The number of hydrogen-bond donors (Lipinski definition) is 2. The van der Waals surface area contributed by atoms with E-state index < -0.39 is 0 Å². The lowest BCUT2D eigenvalue weighted by Crippen LogP contribution is -2.60. The fourth-order valence-corrected chi connectivity index (χ4v) is 1.13. The van der Waals surface area contributed by atoms with E-state index in [9.17, 15) is 0 Å². The van der Waals surface area contributed by atoms with E-state index in [1.165, 1.54) is 5.57 Å². The zero-order chi connectivity index (χ0) is 8.43. The smallest absolute Gasteiger partial charge is 0.114 e. The van der Waals surface area contributed by atoms with Gasteiger partial charge in [0.2, 0.25) is 0 Å². The second-order valence-corrected chi connectivity index (χ2v) is 3.29. The van der Waals surface area contributed by atoms with Crippen molar-refractivity contribution in [2.24, 2.45) is 0 Å². The molecule has 0 aromatic rings. The molecule has 1 rings (SSSR count). The minimum Gasteiger partial charge on any atom is -0.286 e. The van der Waals surface area contributed by atoms with Gasteiger partial charge in [-0.05, 0) is 26.6 Å². The van der Waals surface area contributed by atoms with Gasteiger partial charge >= 0.3 is 0 Å². The summed E-state index contributed by atoms with van der Waals surface area (Å²) in [6.07, 6.45) is 0.287. The highest BCUT2D eigenvalue weighted by atomic mass is 15.4. The number of hydrogen-bond acceptors (Lipinski definition) is 3. The van der Waals surface area contributed by atoms with Crippen molar-refractivity contribution < 1.29 is 0 Å². The molecule has 1 saturated heterocycles. The molecule has 1 heterocycles. The first-order valence-corrected chi connectivity index (χ1v) is 3.95. The summed E-state index contributed by atoms with van der Waals surface area (Å²) in [6.45, 7) is 7.00. The molecule has 3 nitrogen and oxygen atoms in total. The topological polar surface area (TPSA) is 27.3 Å². The van der Waals surface area contributed by atoms with Gasteiger partial charge in [0.25, 0.3) is 0 Å². The highest BCUT2D eigenvalue weighted by Crippen LogP contribution is 2.04. The predicted molar refractivity (Wildman–Crippen MR) is 47.2 cm³/mol. The van der Waals surface area contributed by atoms with Crippen molar-refractivity contribution in [1.82, 2.24) is 15.5 Å². The van der Waals surface area contributed by atoms with Crippen LogP contribution in [0.15, 0.2) is 12.2 Å². The van der Waals surface area contributed by atoms with Crippen molar-refractivity contribution >= 4 is 0 Å². The highest BCUT2D eigenvalue weighted by Gasteiger charge is 2.20. The van der Waals surface area contributed by atoms with Crippen molar-refractivity contribution in [3.05, 3.63) is 12.2 Å². The Morgan fingerprint density at radius 3 is 2.64 bits per heavy atom. The van der Waals surface area contributed by atoms with Crippen LogP contribution in [-0.4, -0.2) is 37.9 Å². The third-order valence-electron chi connectivity index (χ3n) is 2.06. The van der Waals surface area contributed by atoms with Crippen molar-refractivity contribution in [2.45, 2.75) is 19.3 Å². The Labute approximate surface area is 68.5 Å². The lowest BCUT2D eigenvalue weighted by atomic mass is 10.1. The van der Waals surface area contributed by atoms with Crippen LogP contribution < -0.4 is 10.6 Å². The predicted octanol–water partition coefficient (Wildman–Crippen LogP) is -0.0309. The second-order valence-electron chi connectivity index (χ2n) is 3.29. The van der Waals surface area contributed by atoms with Gasteiger partial charge in [-0.3, -0.25) is 15.5 Å². The summed E-state index contributed by atoms with van der Waals surface area (Å²) in [4.78, 5) is 2.11. The van der Waals surface area contributed by atoms with E-state index in [1.54, 1.807) is 0 Å². The van der Waals surface area contributed by atoms with Crippen LogP contribution in [0.2, 0.25) is 0 Å². The maximum atomic E-state index is 3.95. The van der Waals surface area contributed by atoms with Crippen LogP contribution >= 0.6 is 0 Å². The molecule has 3 heteroatoms. The summed E-state index contributed by atoms with van der Waals surface area (Å²) in [5, 5.41) is 6.69. The third kappa shape index (κ3) is 2.02. The molecule has 0 aliphatic carbocycles. The molecular formula is C8H17N3. The van der Waals surface area contributed by atoms with Gasteiger partial charge in [0.1, 0.15) is 6.29 Å². The average Bonchev–Trinajstić information content (AvgIpc) is 1.94. The summed E-state index contributed by atoms with van der Waals surface area (Å²) < 4.78 is 0. The zero-order valence-corrected chi connectivity index (χ0v) is 7.52. The van der Waals surface area contributed by atoms with E-state index in [0.29, 0.717) is 6.04 Å². The highest BCUT2D eigenvalue weighted by molar-refractivity contribution is 5.09. The number of nitrogens with zero attached hydrogens (tertiary/aromatic N) is 1. The van der Waals surface area contributed by atoms with Crippen molar-refractivity contribution in [3.63, 3.8) is 0 Å². The Balaban J connectivity index is 2.46. The van der Waals surface area contributed by atoms with Crippen LogP contribution in [0.3, 0.4) is 0 Å². The zero-order valence-electron chi connectivity index (χ0n) is 7.52. The largest absolute Gasteiger partial charge is 0.286 e. The molecule has 0 radical (unpaired) electrons. The van der Waals surface area contributed by atoms with Gasteiger partial charge in [0, 0.05) is 12.6 Å². The summed E-state index contributed by atoms with van der Waals surface area (Å²) in [7, 11) is 4.09. The normalized spacial score (nSPS) is 32.9. The molecule has 2 N–H and O–H groups in total. The van der Waals surface area contributed by atoms with Crippen molar-refractivity contribution in [2.75, 3.05) is 20.6 Å². The third-order valence-corrected chi connectivity index (χ3v) is 2.06. The minimum absolute atomic E-state index is 0.287. The Hall–Kier alpha value is -0.380. The summed E-state index contributed by atoms with van der Waals surface area (Å²) >= 11 is 0. The molecule has 0 amide bonds.